The summed E-state index contributed by atoms with van der Waals surface area (Å²) in [4.78, 5) is 10.5. The van der Waals surface area contributed by atoms with Gasteiger partial charge in [0.15, 0.2) is 11.6 Å². The number of hydrogen-bond acceptors (Lipinski definition) is 1. The van der Waals surface area contributed by atoms with Gasteiger partial charge in [0.2, 0.25) is 0 Å². The van der Waals surface area contributed by atoms with Crippen LogP contribution in [-0.2, 0) is 0 Å². The number of carboxylic acid groups (broad SMARTS) is 1. The Bertz CT molecular complexity index is 385. The van der Waals surface area contributed by atoms with Crippen molar-refractivity contribution in [1.82, 2.24) is 0 Å². The molecule has 0 bridgehead atoms. The van der Waals surface area contributed by atoms with Gasteiger partial charge in [-0.15, -0.1) is 0 Å². The van der Waals surface area contributed by atoms with E-state index in [2.05, 4.69) is 0 Å². The highest BCUT2D eigenvalue weighted by molar-refractivity contribution is 5.89. The molecule has 0 amide bonds. The third-order valence-electron chi connectivity index (χ3n) is 1.99. The minimum Gasteiger partial charge on any atom is -0.478 e. The normalized spacial score (nSPS) is 9.44. The number of benzene rings is 1. The summed E-state index contributed by atoms with van der Waals surface area (Å²) < 4.78 is 39.1. The number of aromatic carboxylic acids is 1. The Balaban J connectivity index is 0.00000106. The molecule has 1 aromatic carbocycles. The van der Waals surface area contributed by atoms with Crippen molar-refractivity contribution in [2.24, 2.45) is 0 Å². The van der Waals surface area contributed by atoms with Gasteiger partial charge in [-0.3, -0.25) is 0 Å². The zero-order chi connectivity index (χ0) is 13.0. The number of carbonyl (C=O) groups is 1. The smallest absolute Gasteiger partial charge is 0.339 e. The van der Waals surface area contributed by atoms with Crippen LogP contribution in [0.25, 0.3) is 0 Å². The van der Waals surface area contributed by atoms with Crippen LogP contribution in [0.3, 0.4) is 0 Å². The van der Waals surface area contributed by atoms with Crippen LogP contribution in [-0.4, -0.2) is 11.1 Å². The molecule has 0 spiro atoms. The van der Waals surface area contributed by atoms with Gasteiger partial charge in [-0.25, -0.2) is 18.0 Å². The van der Waals surface area contributed by atoms with Crippen LogP contribution in [0.15, 0.2) is 0 Å². The molecule has 90 valence electrons. The molecule has 1 rings (SSSR count). The van der Waals surface area contributed by atoms with E-state index in [1.54, 1.807) is 0 Å². The first-order chi connectivity index (χ1) is 7.37. The fourth-order valence-electron chi connectivity index (χ4n) is 1.18. The van der Waals surface area contributed by atoms with Crippen molar-refractivity contribution in [2.45, 2.75) is 27.7 Å². The first-order valence-electron chi connectivity index (χ1n) is 4.74. The Kier molecular flexibility index (Phi) is 5.01. The Labute approximate surface area is 91.7 Å². The molecule has 16 heavy (non-hydrogen) atoms. The Hall–Kier alpha value is -1.52. The number of carboxylic acids is 1. The average molecular weight is 234 g/mol. The number of halogens is 3. The van der Waals surface area contributed by atoms with E-state index in [0.717, 1.165) is 13.8 Å². The van der Waals surface area contributed by atoms with Crippen molar-refractivity contribution in [3.63, 3.8) is 0 Å². The number of hydrogen-bond donors (Lipinski definition) is 1. The van der Waals surface area contributed by atoms with Crippen molar-refractivity contribution >= 4 is 5.97 Å². The first kappa shape index (κ1) is 14.5. The van der Waals surface area contributed by atoms with Gasteiger partial charge < -0.3 is 5.11 Å². The maximum atomic E-state index is 13.1. The van der Waals surface area contributed by atoms with Crippen LogP contribution in [0.5, 0.6) is 0 Å². The summed E-state index contributed by atoms with van der Waals surface area (Å²) in [6.07, 6.45) is 0. The van der Waals surface area contributed by atoms with E-state index in [4.69, 9.17) is 5.11 Å². The van der Waals surface area contributed by atoms with Crippen molar-refractivity contribution < 1.29 is 23.1 Å². The van der Waals surface area contributed by atoms with Gasteiger partial charge in [0.05, 0.1) is 0 Å². The summed E-state index contributed by atoms with van der Waals surface area (Å²) in [5.74, 6) is -5.68. The van der Waals surface area contributed by atoms with Crippen molar-refractivity contribution in [3.8, 4) is 0 Å². The largest absolute Gasteiger partial charge is 0.478 e. The molecular weight excluding hydrogens is 221 g/mol. The fourth-order valence-corrected chi connectivity index (χ4v) is 1.18. The highest BCUT2D eigenvalue weighted by atomic mass is 19.2. The van der Waals surface area contributed by atoms with E-state index in [1.807, 2.05) is 13.8 Å². The summed E-state index contributed by atoms with van der Waals surface area (Å²) >= 11 is 0. The third-order valence-corrected chi connectivity index (χ3v) is 1.99. The van der Waals surface area contributed by atoms with Crippen LogP contribution < -0.4 is 0 Å². The maximum absolute atomic E-state index is 13.1. The minimum atomic E-state index is -1.68. The topological polar surface area (TPSA) is 37.3 Å². The van der Waals surface area contributed by atoms with Gasteiger partial charge in [0, 0.05) is 11.1 Å². The molecule has 0 aliphatic heterocycles. The van der Waals surface area contributed by atoms with Crippen LogP contribution in [0.2, 0.25) is 0 Å². The Morgan fingerprint density at radius 2 is 1.38 bits per heavy atom. The van der Waals surface area contributed by atoms with Gasteiger partial charge in [-0.2, -0.15) is 0 Å². The molecule has 0 heterocycles. The van der Waals surface area contributed by atoms with E-state index in [1.165, 1.54) is 0 Å². The van der Waals surface area contributed by atoms with Crippen LogP contribution in [0, 0.1) is 31.3 Å². The third kappa shape index (κ3) is 2.35. The molecule has 0 saturated carbocycles. The van der Waals surface area contributed by atoms with E-state index in [0.29, 0.717) is 0 Å². The van der Waals surface area contributed by atoms with Crippen molar-refractivity contribution in [1.29, 1.82) is 0 Å². The number of rotatable bonds is 1. The highest BCUT2D eigenvalue weighted by Crippen LogP contribution is 2.23. The summed E-state index contributed by atoms with van der Waals surface area (Å²) in [5, 5.41) is 8.51. The molecule has 0 aliphatic rings. The molecule has 1 N–H and O–H groups in total. The molecule has 5 heteroatoms. The SMILES string of the molecule is CC.Cc1c(F)c(C)c(C(=O)O)c(F)c1F. The molecule has 0 radical (unpaired) electrons. The average Bonchev–Trinajstić information content (AvgIpc) is 2.26. The van der Waals surface area contributed by atoms with E-state index in [9.17, 15) is 18.0 Å². The lowest BCUT2D eigenvalue weighted by atomic mass is 10.0. The summed E-state index contributed by atoms with van der Waals surface area (Å²) in [7, 11) is 0. The predicted octanol–water partition coefficient (Wildman–Crippen LogP) is 3.45. The van der Waals surface area contributed by atoms with Gasteiger partial charge in [-0.05, 0) is 13.8 Å². The Morgan fingerprint density at radius 3 is 1.75 bits per heavy atom. The molecule has 0 unspecified atom stereocenters. The summed E-state index contributed by atoms with van der Waals surface area (Å²) in [6.45, 7) is 6.14. The van der Waals surface area contributed by atoms with Crippen LogP contribution in [0.1, 0.15) is 35.3 Å². The molecule has 0 aliphatic carbocycles. The zero-order valence-corrected chi connectivity index (χ0v) is 9.49. The maximum Gasteiger partial charge on any atom is 0.339 e. The highest BCUT2D eigenvalue weighted by Gasteiger charge is 2.24. The lowest BCUT2D eigenvalue weighted by Gasteiger charge is -2.08. The quantitative estimate of drug-likeness (QED) is 0.755. The van der Waals surface area contributed by atoms with E-state index < -0.39 is 40.1 Å². The second-order valence-corrected chi connectivity index (χ2v) is 2.87. The molecular formula is C11H13F3O2. The van der Waals surface area contributed by atoms with Gasteiger partial charge in [0.25, 0.3) is 0 Å². The zero-order valence-electron chi connectivity index (χ0n) is 9.49. The summed E-state index contributed by atoms with van der Waals surface area (Å²) in [6, 6.07) is 0. The van der Waals surface area contributed by atoms with E-state index in [-0.39, 0.29) is 0 Å². The molecule has 1 aromatic rings. The van der Waals surface area contributed by atoms with Gasteiger partial charge >= 0.3 is 5.97 Å². The fraction of sp³-hybridized carbons (Fsp3) is 0.364. The molecule has 0 aromatic heterocycles. The molecule has 0 fully saturated rings. The summed E-state index contributed by atoms with van der Waals surface area (Å²) in [5.41, 5.74) is -1.86. The molecule has 2 nitrogen and oxygen atoms in total. The lowest BCUT2D eigenvalue weighted by molar-refractivity contribution is 0.0689. The monoisotopic (exact) mass is 234 g/mol. The minimum absolute atomic E-state index is 0.395. The first-order valence-corrected chi connectivity index (χ1v) is 4.74. The van der Waals surface area contributed by atoms with Gasteiger partial charge in [0.1, 0.15) is 11.4 Å². The van der Waals surface area contributed by atoms with Gasteiger partial charge in [-0.1, -0.05) is 13.8 Å². The predicted molar refractivity (Wildman–Crippen MR) is 54.1 cm³/mol. The van der Waals surface area contributed by atoms with Crippen LogP contribution in [0.4, 0.5) is 13.2 Å². The van der Waals surface area contributed by atoms with Crippen LogP contribution >= 0.6 is 0 Å². The van der Waals surface area contributed by atoms with E-state index >= 15 is 0 Å². The second-order valence-electron chi connectivity index (χ2n) is 2.87. The second kappa shape index (κ2) is 5.53. The Morgan fingerprint density at radius 1 is 0.938 bits per heavy atom. The standard InChI is InChI=1S/C9H7F3O2.C2H6/c1-3-5(9(13)14)8(12)7(11)4(2)6(3)10;1-2/h1-2H3,(H,13,14);1-2H3. The molecule has 0 saturated heterocycles. The molecule has 0 atom stereocenters. The van der Waals surface area contributed by atoms with Crippen molar-refractivity contribution in [2.75, 3.05) is 0 Å². The lowest BCUT2D eigenvalue weighted by Crippen LogP contribution is -2.10. The van der Waals surface area contributed by atoms with Crippen molar-refractivity contribution in [3.05, 3.63) is 34.1 Å².